The summed E-state index contributed by atoms with van der Waals surface area (Å²) in [6.45, 7) is 10.5. The van der Waals surface area contributed by atoms with Gasteiger partial charge in [-0.3, -0.25) is 13.9 Å². The van der Waals surface area contributed by atoms with E-state index in [1.165, 1.54) is 17.0 Å². The van der Waals surface area contributed by atoms with E-state index in [1.54, 1.807) is 31.2 Å². The number of aryl methyl sites for hydroxylation is 2. The van der Waals surface area contributed by atoms with Crippen LogP contribution >= 0.6 is 0 Å². The smallest absolute Gasteiger partial charge is 0.264 e. The summed E-state index contributed by atoms with van der Waals surface area (Å²) in [6.07, 6.45) is 0. The number of hydrogen-bond acceptors (Lipinski definition) is 4. The van der Waals surface area contributed by atoms with Crippen molar-refractivity contribution in [3.63, 3.8) is 0 Å². The van der Waals surface area contributed by atoms with Crippen molar-refractivity contribution in [3.05, 3.63) is 95.3 Å². The summed E-state index contributed by atoms with van der Waals surface area (Å²) in [5.41, 5.74) is 2.47. The minimum absolute atomic E-state index is 0.109. The summed E-state index contributed by atoms with van der Waals surface area (Å²) in [7, 11) is -4.25. The number of nitrogens with one attached hydrogen (secondary N) is 1. The fourth-order valence-corrected chi connectivity index (χ4v) is 5.45. The highest BCUT2D eigenvalue weighted by atomic mass is 32.2. The van der Waals surface area contributed by atoms with Crippen LogP contribution < -0.4 is 9.62 Å². The third-order valence-electron chi connectivity index (χ3n) is 6.10. The van der Waals surface area contributed by atoms with E-state index in [9.17, 15) is 22.4 Å². The maximum absolute atomic E-state index is 13.9. The Morgan fingerprint density at radius 1 is 0.923 bits per heavy atom. The molecule has 0 saturated carbocycles. The maximum Gasteiger partial charge on any atom is 0.264 e. The molecule has 0 bridgehead atoms. The van der Waals surface area contributed by atoms with Crippen molar-refractivity contribution < 1.29 is 22.4 Å². The van der Waals surface area contributed by atoms with E-state index in [-0.39, 0.29) is 23.0 Å². The lowest BCUT2D eigenvalue weighted by molar-refractivity contribution is -0.140. The third kappa shape index (κ3) is 7.89. The van der Waals surface area contributed by atoms with E-state index < -0.39 is 39.9 Å². The van der Waals surface area contributed by atoms with Crippen LogP contribution in [0.5, 0.6) is 0 Å². The van der Waals surface area contributed by atoms with Gasteiger partial charge in [-0.15, -0.1) is 0 Å². The van der Waals surface area contributed by atoms with Gasteiger partial charge < -0.3 is 10.2 Å². The van der Waals surface area contributed by atoms with Gasteiger partial charge in [0.2, 0.25) is 11.8 Å². The number of nitrogens with zero attached hydrogens (tertiary/aromatic N) is 2. The van der Waals surface area contributed by atoms with E-state index in [0.29, 0.717) is 0 Å². The number of sulfonamides is 1. The molecule has 0 aliphatic heterocycles. The fourth-order valence-electron chi connectivity index (χ4n) is 4.04. The zero-order valence-corrected chi connectivity index (χ0v) is 24.0. The van der Waals surface area contributed by atoms with Crippen LogP contribution in [0.25, 0.3) is 0 Å². The van der Waals surface area contributed by atoms with E-state index >= 15 is 0 Å². The minimum atomic E-state index is -4.25. The van der Waals surface area contributed by atoms with Gasteiger partial charge in [0.15, 0.2) is 0 Å². The van der Waals surface area contributed by atoms with Crippen molar-refractivity contribution in [1.82, 2.24) is 10.2 Å². The Bertz CT molecular complexity index is 1420. The molecule has 0 heterocycles. The molecule has 39 heavy (non-hydrogen) atoms. The zero-order chi connectivity index (χ0) is 29.0. The number of halogens is 1. The van der Waals surface area contributed by atoms with Crippen LogP contribution in [0.4, 0.5) is 10.1 Å². The van der Waals surface area contributed by atoms with Crippen LogP contribution in [-0.2, 0) is 26.2 Å². The normalized spacial score (nSPS) is 12.5. The van der Waals surface area contributed by atoms with Gasteiger partial charge in [-0.05, 0) is 83.5 Å². The Morgan fingerprint density at radius 3 is 2.10 bits per heavy atom. The highest BCUT2D eigenvalue weighted by Crippen LogP contribution is 2.25. The number of carbonyl (C=O) groups is 2. The van der Waals surface area contributed by atoms with Crippen molar-refractivity contribution in [2.24, 2.45) is 0 Å². The third-order valence-corrected chi connectivity index (χ3v) is 7.89. The Balaban J connectivity index is 2.03. The number of anilines is 1. The van der Waals surface area contributed by atoms with Crippen molar-refractivity contribution in [3.8, 4) is 0 Å². The first-order valence-electron chi connectivity index (χ1n) is 12.7. The van der Waals surface area contributed by atoms with Crippen molar-refractivity contribution >= 4 is 27.5 Å². The molecule has 0 spiro atoms. The summed E-state index contributed by atoms with van der Waals surface area (Å²) in [4.78, 5) is 28.3. The molecule has 0 saturated heterocycles. The average Bonchev–Trinajstić information content (AvgIpc) is 2.85. The van der Waals surface area contributed by atoms with Crippen LogP contribution in [-0.4, -0.2) is 43.3 Å². The Morgan fingerprint density at radius 2 is 1.54 bits per heavy atom. The molecule has 1 N–H and O–H groups in total. The molecular formula is C30H36FN3O4S. The average molecular weight is 554 g/mol. The molecule has 9 heteroatoms. The monoisotopic (exact) mass is 553 g/mol. The summed E-state index contributed by atoms with van der Waals surface area (Å²) < 4.78 is 42.0. The lowest BCUT2D eigenvalue weighted by atomic mass is 10.1. The number of amides is 2. The van der Waals surface area contributed by atoms with Gasteiger partial charge in [0.05, 0.1) is 10.6 Å². The number of carbonyl (C=O) groups excluding carboxylic acids is 2. The maximum atomic E-state index is 13.9. The van der Waals surface area contributed by atoms with E-state index in [4.69, 9.17) is 0 Å². The lowest BCUT2D eigenvalue weighted by Gasteiger charge is -2.33. The molecule has 2 amide bonds. The van der Waals surface area contributed by atoms with Crippen LogP contribution in [0.2, 0.25) is 0 Å². The quantitative estimate of drug-likeness (QED) is 0.405. The predicted octanol–water partition coefficient (Wildman–Crippen LogP) is 4.97. The van der Waals surface area contributed by atoms with Gasteiger partial charge in [0, 0.05) is 12.1 Å². The van der Waals surface area contributed by atoms with Gasteiger partial charge in [-0.2, -0.15) is 0 Å². The number of rotatable bonds is 9. The highest BCUT2D eigenvalue weighted by Gasteiger charge is 2.33. The molecule has 3 rings (SSSR count). The second kappa shape index (κ2) is 12.0. The van der Waals surface area contributed by atoms with Crippen LogP contribution in [0.1, 0.15) is 44.4 Å². The molecule has 1 atom stereocenters. The van der Waals surface area contributed by atoms with Gasteiger partial charge >= 0.3 is 0 Å². The number of hydrogen-bond donors (Lipinski definition) is 1. The van der Waals surface area contributed by atoms with Gasteiger partial charge in [-0.25, -0.2) is 12.8 Å². The standard InChI is InChI=1S/C30H36FN3O4S/c1-21-10-14-26(15-11-21)34(39(37,38)27-16-12-25(31)13-17-27)20-28(35)33(19-24-9-7-8-22(2)18-24)23(3)29(36)32-30(4,5)6/h7-18,23H,19-20H2,1-6H3,(H,32,36). The van der Waals surface area contributed by atoms with E-state index in [1.807, 2.05) is 58.9 Å². The first-order valence-corrected chi connectivity index (χ1v) is 14.1. The van der Waals surface area contributed by atoms with Gasteiger partial charge in [-0.1, -0.05) is 47.5 Å². The van der Waals surface area contributed by atoms with Crippen molar-refractivity contribution in [1.29, 1.82) is 0 Å². The number of benzene rings is 3. The molecular weight excluding hydrogens is 517 g/mol. The molecule has 7 nitrogen and oxygen atoms in total. The minimum Gasteiger partial charge on any atom is -0.350 e. The lowest BCUT2D eigenvalue weighted by Crippen LogP contribution is -2.54. The van der Waals surface area contributed by atoms with Gasteiger partial charge in [0.25, 0.3) is 10.0 Å². The van der Waals surface area contributed by atoms with Crippen molar-refractivity contribution in [2.45, 2.75) is 64.6 Å². The van der Waals surface area contributed by atoms with Crippen molar-refractivity contribution in [2.75, 3.05) is 10.8 Å². The topological polar surface area (TPSA) is 86.8 Å². The Labute approximate surface area is 230 Å². The van der Waals surface area contributed by atoms with Crippen LogP contribution in [0, 0.1) is 19.7 Å². The first kappa shape index (κ1) is 29.8. The molecule has 1 unspecified atom stereocenters. The molecule has 208 valence electrons. The van der Waals surface area contributed by atoms with Gasteiger partial charge in [0.1, 0.15) is 18.4 Å². The SMILES string of the molecule is Cc1ccc(N(CC(=O)N(Cc2cccc(C)c2)C(C)C(=O)NC(C)(C)C)S(=O)(=O)c2ccc(F)cc2)cc1. The Kier molecular flexibility index (Phi) is 9.17. The zero-order valence-electron chi connectivity index (χ0n) is 23.2. The summed E-state index contributed by atoms with van der Waals surface area (Å²) >= 11 is 0. The molecule has 3 aromatic carbocycles. The molecule has 0 aliphatic carbocycles. The summed E-state index contributed by atoms with van der Waals surface area (Å²) in [5, 5.41) is 2.90. The fraction of sp³-hybridized carbons (Fsp3) is 0.333. The summed E-state index contributed by atoms with van der Waals surface area (Å²) in [6, 6.07) is 17.9. The molecule has 0 aromatic heterocycles. The summed E-state index contributed by atoms with van der Waals surface area (Å²) in [5.74, 6) is -1.49. The van der Waals surface area contributed by atoms with Crippen LogP contribution in [0.15, 0.2) is 77.7 Å². The largest absolute Gasteiger partial charge is 0.350 e. The first-order chi connectivity index (χ1) is 18.2. The molecule has 0 aliphatic rings. The van der Waals surface area contributed by atoms with E-state index in [2.05, 4.69) is 5.32 Å². The molecule has 0 radical (unpaired) electrons. The molecule has 3 aromatic rings. The second-order valence-electron chi connectivity index (χ2n) is 10.7. The highest BCUT2D eigenvalue weighted by molar-refractivity contribution is 7.92. The van der Waals surface area contributed by atoms with Crippen LogP contribution in [0.3, 0.4) is 0 Å². The van der Waals surface area contributed by atoms with E-state index in [0.717, 1.165) is 33.1 Å². The molecule has 0 fully saturated rings. The predicted molar refractivity (Wildman–Crippen MR) is 151 cm³/mol. The second-order valence-corrected chi connectivity index (χ2v) is 12.6. The Hall–Kier alpha value is -3.72.